The lowest BCUT2D eigenvalue weighted by molar-refractivity contribution is -0.268. The normalized spacial score (nSPS) is 24.3. The zero-order chi connectivity index (χ0) is 33.4. The number of hydrogen-bond donors (Lipinski definition) is 10. The van der Waals surface area contributed by atoms with Crippen molar-refractivity contribution < 1.29 is 59.0 Å². The number of nitrogens with zero attached hydrogens (tertiary/aromatic N) is 1. The summed E-state index contributed by atoms with van der Waals surface area (Å²) in [6, 6.07) is -4.25. The van der Waals surface area contributed by atoms with Gasteiger partial charge in [0.15, 0.2) is 6.29 Å². The Labute approximate surface area is 249 Å². The van der Waals surface area contributed by atoms with Crippen LogP contribution in [0.1, 0.15) is 52.9 Å². The highest BCUT2D eigenvalue weighted by molar-refractivity contribution is 5.89. The number of aliphatic carboxylic acids is 2. The van der Waals surface area contributed by atoms with Crippen LogP contribution in [0.3, 0.4) is 0 Å². The number of rotatable bonds is 17. The number of carbonyl (C=O) groups is 5. The molecule has 0 saturated carbocycles. The molecule has 18 nitrogen and oxygen atoms in total. The third-order valence-electron chi connectivity index (χ3n) is 6.38. The van der Waals surface area contributed by atoms with Crippen LogP contribution in [-0.2, 0) is 33.4 Å². The maximum absolute atomic E-state index is 12.7. The predicted molar refractivity (Wildman–Crippen MR) is 150 cm³/mol. The summed E-state index contributed by atoms with van der Waals surface area (Å²) in [6.07, 6.45) is -4.98. The quantitative estimate of drug-likeness (QED) is 0.0685. The standard InChI is InChI=1S/C19H34N4O10.C6H14N2O2/c1-8(6-23(18(30)9(2)20)11(17(21)29)4-5-13(26)27)32-16-14(22-10(3)25)19(31)33-12(7-24)15(16)28;7-4-2-1-3-5(8)6(9)10/h8-9,11-12,14-16,19,24,28,31H,4-7,20H2,1-3H3,(H2,21,29)(H,22,25)(H,26,27);5H,1-4,7-8H2,(H,9,10)/t8?,9-,11+,12+,14+,15+,16+,19-;5-/m00/s1. The summed E-state index contributed by atoms with van der Waals surface area (Å²) in [4.78, 5) is 58.3. The van der Waals surface area contributed by atoms with E-state index in [4.69, 9.17) is 42.6 Å². The molecule has 0 aliphatic carbocycles. The minimum Gasteiger partial charge on any atom is -0.481 e. The van der Waals surface area contributed by atoms with Crippen molar-refractivity contribution in [2.75, 3.05) is 19.7 Å². The molecule has 1 unspecified atom stereocenters. The van der Waals surface area contributed by atoms with Gasteiger partial charge in [-0.1, -0.05) is 6.42 Å². The van der Waals surface area contributed by atoms with Crippen molar-refractivity contribution in [2.24, 2.45) is 22.9 Å². The average molecular weight is 625 g/mol. The second-order valence-electron chi connectivity index (χ2n) is 10.2. The highest BCUT2D eigenvalue weighted by Crippen LogP contribution is 2.24. The van der Waals surface area contributed by atoms with Gasteiger partial charge in [0.2, 0.25) is 17.7 Å². The number of amides is 3. The molecule has 0 aromatic heterocycles. The van der Waals surface area contributed by atoms with Crippen LogP contribution in [0.25, 0.3) is 0 Å². The predicted octanol–water partition coefficient (Wildman–Crippen LogP) is -4.24. The molecule has 18 heteroatoms. The Morgan fingerprint density at radius 3 is 2.09 bits per heavy atom. The molecule has 0 aromatic carbocycles. The number of carboxylic acid groups (broad SMARTS) is 2. The van der Waals surface area contributed by atoms with Gasteiger partial charge in [0, 0.05) is 19.9 Å². The van der Waals surface area contributed by atoms with E-state index in [1.165, 1.54) is 20.8 Å². The van der Waals surface area contributed by atoms with Crippen molar-refractivity contribution in [2.45, 2.75) is 108 Å². The van der Waals surface area contributed by atoms with Gasteiger partial charge in [-0.3, -0.25) is 24.0 Å². The molecule has 0 bridgehead atoms. The van der Waals surface area contributed by atoms with Gasteiger partial charge in [-0.2, -0.15) is 0 Å². The number of nitrogens with one attached hydrogen (secondary N) is 1. The SMILES string of the molecule is CC(=O)N[C@@H]1[C@@H](OC(C)CN(C(=O)[C@H](C)N)[C@H](CCC(=O)O)C(N)=O)[C@H](O)[C@@H](CO)O[C@@H]1O.NCCCC[C@H](N)C(=O)O. The number of ether oxygens (including phenoxy) is 2. The lowest BCUT2D eigenvalue weighted by Crippen LogP contribution is -2.65. The first-order valence-electron chi connectivity index (χ1n) is 13.8. The smallest absolute Gasteiger partial charge is 0.320 e. The van der Waals surface area contributed by atoms with E-state index in [0.717, 1.165) is 17.7 Å². The Bertz CT molecular complexity index is 910. The van der Waals surface area contributed by atoms with Crippen LogP contribution in [0.4, 0.5) is 0 Å². The van der Waals surface area contributed by atoms with Gasteiger partial charge in [0.05, 0.1) is 18.8 Å². The minimum absolute atomic E-state index is 0.254. The van der Waals surface area contributed by atoms with E-state index in [9.17, 15) is 39.3 Å². The number of aliphatic hydroxyl groups excluding tert-OH is 3. The van der Waals surface area contributed by atoms with Gasteiger partial charge in [-0.05, 0) is 39.7 Å². The molecule has 3 amide bonds. The maximum Gasteiger partial charge on any atom is 0.320 e. The van der Waals surface area contributed by atoms with Crippen molar-refractivity contribution in [3.63, 3.8) is 0 Å². The number of hydrogen-bond acceptors (Lipinski definition) is 13. The monoisotopic (exact) mass is 624 g/mol. The third kappa shape index (κ3) is 14.4. The first kappa shape index (κ1) is 40.0. The molecule has 1 aliphatic heterocycles. The molecule has 250 valence electrons. The summed E-state index contributed by atoms with van der Waals surface area (Å²) in [5.41, 5.74) is 21.5. The second-order valence-corrected chi connectivity index (χ2v) is 10.2. The fourth-order valence-corrected chi connectivity index (χ4v) is 4.20. The lowest BCUT2D eigenvalue weighted by Gasteiger charge is -2.44. The summed E-state index contributed by atoms with van der Waals surface area (Å²) in [6.45, 7) is 3.74. The Morgan fingerprint density at radius 1 is 1.05 bits per heavy atom. The maximum atomic E-state index is 12.7. The molecule has 1 saturated heterocycles. The second kappa shape index (κ2) is 20.1. The molecule has 0 spiro atoms. The fraction of sp³-hybridized carbons (Fsp3) is 0.800. The van der Waals surface area contributed by atoms with Crippen LogP contribution in [0.15, 0.2) is 0 Å². The van der Waals surface area contributed by atoms with Gasteiger partial charge < -0.3 is 68.2 Å². The van der Waals surface area contributed by atoms with E-state index in [-0.39, 0.29) is 13.0 Å². The Morgan fingerprint density at radius 2 is 1.65 bits per heavy atom. The zero-order valence-corrected chi connectivity index (χ0v) is 24.7. The van der Waals surface area contributed by atoms with Gasteiger partial charge in [-0.15, -0.1) is 0 Å². The topological polar surface area (TPSA) is 324 Å². The Hall–Kier alpha value is -2.97. The van der Waals surface area contributed by atoms with Crippen LogP contribution in [-0.4, -0.2) is 135 Å². The molecule has 1 heterocycles. The summed E-state index contributed by atoms with van der Waals surface area (Å²) in [7, 11) is 0. The van der Waals surface area contributed by atoms with Gasteiger partial charge in [0.25, 0.3) is 0 Å². The molecule has 0 aromatic rings. The van der Waals surface area contributed by atoms with E-state index in [1.54, 1.807) is 0 Å². The zero-order valence-electron chi connectivity index (χ0n) is 24.7. The lowest BCUT2D eigenvalue weighted by atomic mass is 9.96. The van der Waals surface area contributed by atoms with E-state index in [2.05, 4.69) is 5.32 Å². The number of carbonyl (C=O) groups excluding carboxylic acids is 3. The van der Waals surface area contributed by atoms with Crippen molar-refractivity contribution in [3.05, 3.63) is 0 Å². The highest BCUT2D eigenvalue weighted by Gasteiger charge is 2.46. The van der Waals surface area contributed by atoms with Gasteiger partial charge >= 0.3 is 11.9 Å². The van der Waals surface area contributed by atoms with E-state index in [1.807, 2.05) is 0 Å². The molecule has 0 radical (unpaired) electrons. The summed E-state index contributed by atoms with van der Waals surface area (Å²) < 4.78 is 10.9. The summed E-state index contributed by atoms with van der Waals surface area (Å²) in [5, 5.41) is 49.8. The molecule has 1 rings (SSSR count). The Kier molecular flexibility index (Phi) is 18.7. The molecule has 9 atom stereocenters. The molecule has 1 fully saturated rings. The summed E-state index contributed by atoms with van der Waals surface area (Å²) in [5.74, 6) is -4.28. The van der Waals surface area contributed by atoms with Crippen molar-refractivity contribution in [1.29, 1.82) is 0 Å². The Balaban J connectivity index is 0.00000150. The number of nitrogens with two attached hydrogens (primary N) is 4. The molecule has 43 heavy (non-hydrogen) atoms. The van der Waals surface area contributed by atoms with Gasteiger partial charge in [-0.25, -0.2) is 0 Å². The van der Waals surface area contributed by atoms with Crippen LogP contribution >= 0.6 is 0 Å². The average Bonchev–Trinajstić information content (AvgIpc) is 2.91. The van der Waals surface area contributed by atoms with Crippen molar-refractivity contribution >= 4 is 29.7 Å². The molecular weight excluding hydrogens is 576 g/mol. The van der Waals surface area contributed by atoms with Crippen molar-refractivity contribution in [1.82, 2.24) is 10.2 Å². The minimum atomic E-state index is -1.61. The van der Waals surface area contributed by atoms with Crippen molar-refractivity contribution in [3.8, 4) is 0 Å². The number of primary amides is 1. The summed E-state index contributed by atoms with van der Waals surface area (Å²) >= 11 is 0. The number of unbranched alkanes of at least 4 members (excludes halogenated alkanes) is 1. The van der Waals surface area contributed by atoms with Crippen LogP contribution in [0, 0.1) is 0 Å². The molecule has 1 aliphatic rings. The first-order chi connectivity index (χ1) is 20.0. The largest absolute Gasteiger partial charge is 0.481 e. The van der Waals surface area contributed by atoms with Crippen LogP contribution < -0.4 is 28.3 Å². The molecular formula is C25H48N6O12. The first-order valence-corrected chi connectivity index (χ1v) is 13.8. The van der Waals surface area contributed by atoms with Crippen LogP contribution in [0.2, 0.25) is 0 Å². The van der Waals surface area contributed by atoms with E-state index >= 15 is 0 Å². The fourth-order valence-electron chi connectivity index (χ4n) is 4.20. The van der Waals surface area contributed by atoms with E-state index < -0.39 is 97.6 Å². The number of carboxylic acids is 2. The van der Waals surface area contributed by atoms with Gasteiger partial charge in [0.1, 0.15) is 36.4 Å². The van der Waals surface area contributed by atoms with Crippen LogP contribution in [0.5, 0.6) is 0 Å². The molecule has 14 N–H and O–H groups in total. The van der Waals surface area contributed by atoms with E-state index in [0.29, 0.717) is 13.0 Å². The number of aliphatic hydroxyl groups is 3. The highest BCUT2D eigenvalue weighted by atomic mass is 16.6. The third-order valence-corrected chi connectivity index (χ3v) is 6.38.